The Kier molecular flexibility index (Phi) is 11.3. The van der Waals surface area contributed by atoms with Crippen LogP contribution in [0.15, 0.2) is 12.1 Å². The number of nitrogens with one attached hydrogen (secondary N) is 2. The lowest BCUT2D eigenvalue weighted by molar-refractivity contribution is 0.292. The van der Waals surface area contributed by atoms with Crippen molar-refractivity contribution >= 4 is 35.6 Å². The van der Waals surface area contributed by atoms with Crippen LogP contribution in [0.25, 0.3) is 0 Å². The van der Waals surface area contributed by atoms with Gasteiger partial charge in [-0.15, -0.1) is 12.4 Å². The van der Waals surface area contributed by atoms with Gasteiger partial charge in [0.05, 0.1) is 18.2 Å². The summed E-state index contributed by atoms with van der Waals surface area (Å²) >= 11 is 12.1. The molecule has 0 aliphatic carbocycles. The molecule has 0 aliphatic rings. The van der Waals surface area contributed by atoms with Gasteiger partial charge < -0.3 is 20.5 Å². The van der Waals surface area contributed by atoms with Crippen LogP contribution in [0, 0.1) is 0 Å². The number of benzene rings is 1. The Hall–Kier alpha value is -0.230. The zero-order valence-electron chi connectivity index (χ0n) is 11.4. The van der Waals surface area contributed by atoms with Gasteiger partial charge in [-0.3, -0.25) is 0 Å². The van der Waals surface area contributed by atoms with Crippen LogP contribution in [0.2, 0.25) is 10.0 Å². The lowest BCUT2D eigenvalue weighted by atomic mass is 10.2. The molecule has 0 unspecified atom stereocenters. The lowest BCUT2D eigenvalue weighted by Crippen LogP contribution is -2.28. The number of rotatable bonds is 9. The van der Waals surface area contributed by atoms with Gasteiger partial charge in [0.1, 0.15) is 5.75 Å². The van der Waals surface area contributed by atoms with Crippen molar-refractivity contribution < 1.29 is 9.84 Å². The highest BCUT2D eigenvalue weighted by molar-refractivity contribution is 6.35. The van der Waals surface area contributed by atoms with Gasteiger partial charge in [-0.05, 0) is 19.1 Å². The summed E-state index contributed by atoms with van der Waals surface area (Å²) in [6.45, 7) is 5.45. The molecule has 1 rings (SSSR count). The first-order valence-electron chi connectivity index (χ1n) is 6.32. The highest BCUT2D eigenvalue weighted by Crippen LogP contribution is 2.32. The summed E-state index contributed by atoms with van der Waals surface area (Å²) < 4.78 is 5.54. The van der Waals surface area contributed by atoms with Crippen LogP contribution < -0.4 is 15.4 Å². The number of aliphatic hydroxyl groups is 1. The minimum Gasteiger partial charge on any atom is -0.492 e. The normalized spacial score (nSPS) is 10.2. The maximum absolute atomic E-state index is 8.63. The highest BCUT2D eigenvalue weighted by atomic mass is 35.5. The Bertz CT molecular complexity index is 392. The number of ether oxygens (including phenoxy) is 1. The molecule has 116 valence electrons. The molecule has 0 atom stereocenters. The van der Waals surface area contributed by atoms with E-state index in [1.807, 2.05) is 13.0 Å². The third-order valence-corrected chi connectivity index (χ3v) is 2.96. The van der Waals surface area contributed by atoms with Crippen molar-refractivity contribution in [3.63, 3.8) is 0 Å². The highest BCUT2D eigenvalue weighted by Gasteiger charge is 2.09. The van der Waals surface area contributed by atoms with Gasteiger partial charge in [-0.1, -0.05) is 23.2 Å². The molecule has 0 aromatic heterocycles. The summed E-state index contributed by atoms with van der Waals surface area (Å²) in [6.07, 6.45) is 0. The van der Waals surface area contributed by atoms with Gasteiger partial charge in [-0.25, -0.2) is 0 Å². The van der Waals surface area contributed by atoms with Crippen LogP contribution in [-0.4, -0.2) is 38.0 Å². The monoisotopic (exact) mass is 342 g/mol. The molecule has 0 spiro atoms. The van der Waals surface area contributed by atoms with E-state index in [2.05, 4.69) is 10.6 Å². The Morgan fingerprint density at radius 1 is 1.15 bits per heavy atom. The maximum Gasteiger partial charge on any atom is 0.142 e. The van der Waals surface area contributed by atoms with Crippen LogP contribution in [0.1, 0.15) is 12.5 Å². The van der Waals surface area contributed by atoms with E-state index in [1.54, 1.807) is 6.07 Å². The van der Waals surface area contributed by atoms with Crippen molar-refractivity contribution in [3.05, 3.63) is 27.7 Å². The molecule has 0 aliphatic heterocycles. The van der Waals surface area contributed by atoms with E-state index >= 15 is 0 Å². The van der Waals surface area contributed by atoms with Gasteiger partial charge in [0.25, 0.3) is 0 Å². The van der Waals surface area contributed by atoms with Gasteiger partial charge in [-0.2, -0.15) is 0 Å². The smallest absolute Gasteiger partial charge is 0.142 e. The van der Waals surface area contributed by atoms with E-state index in [-0.39, 0.29) is 19.0 Å². The molecular weight excluding hydrogens is 323 g/mol. The van der Waals surface area contributed by atoms with Crippen molar-refractivity contribution in [1.29, 1.82) is 0 Å². The Morgan fingerprint density at radius 3 is 2.50 bits per heavy atom. The van der Waals surface area contributed by atoms with E-state index in [1.165, 1.54) is 0 Å². The first kappa shape index (κ1) is 19.8. The first-order valence-corrected chi connectivity index (χ1v) is 7.07. The standard InChI is InChI=1S/C13H20Cl2N2O2.ClH/c1-2-19-13-10(7-11(14)8-12(13)15)9-17-4-3-16-5-6-18;/h7-8,16-18H,2-6,9H2,1H3;1H. The summed E-state index contributed by atoms with van der Waals surface area (Å²) in [5.41, 5.74) is 0.946. The third kappa shape index (κ3) is 6.97. The molecule has 0 fully saturated rings. The Balaban J connectivity index is 0.00000361. The summed E-state index contributed by atoms with van der Waals surface area (Å²) in [4.78, 5) is 0. The zero-order valence-corrected chi connectivity index (χ0v) is 13.7. The van der Waals surface area contributed by atoms with Gasteiger partial charge >= 0.3 is 0 Å². The Morgan fingerprint density at radius 2 is 1.85 bits per heavy atom. The second-order valence-corrected chi connectivity index (χ2v) is 4.80. The SMILES string of the molecule is CCOc1c(Cl)cc(Cl)cc1CNCCNCCO.Cl. The van der Waals surface area contributed by atoms with Crippen molar-refractivity contribution in [1.82, 2.24) is 10.6 Å². The molecule has 1 aromatic carbocycles. The van der Waals surface area contributed by atoms with Gasteiger partial charge in [0.2, 0.25) is 0 Å². The van der Waals surface area contributed by atoms with E-state index in [0.29, 0.717) is 35.5 Å². The molecule has 0 radical (unpaired) electrons. The van der Waals surface area contributed by atoms with Crippen LogP contribution in [-0.2, 0) is 6.54 Å². The van der Waals surface area contributed by atoms with Gasteiger partial charge in [0.15, 0.2) is 0 Å². The predicted molar refractivity (Wildman–Crippen MR) is 86.5 cm³/mol. The molecule has 7 heteroatoms. The zero-order chi connectivity index (χ0) is 14.1. The van der Waals surface area contributed by atoms with Gasteiger partial charge in [0, 0.05) is 36.8 Å². The average Bonchev–Trinajstić information content (AvgIpc) is 2.37. The van der Waals surface area contributed by atoms with E-state index in [0.717, 1.165) is 18.7 Å². The molecule has 0 saturated heterocycles. The first-order chi connectivity index (χ1) is 9.19. The topological polar surface area (TPSA) is 53.5 Å². The van der Waals surface area contributed by atoms with Crippen LogP contribution in [0.3, 0.4) is 0 Å². The number of hydrogen-bond acceptors (Lipinski definition) is 4. The van der Waals surface area contributed by atoms with E-state index in [9.17, 15) is 0 Å². The number of hydrogen-bond donors (Lipinski definition) is 3. The summed E-state index contributed by atoms with van der Waals surface area (Å²) in [5, 5.41) is 16.1. The molecule has 0 amide bonds. The van der Waals surface area contributed by atoms with Crippen LogP contribution >= 0.6 is 35.6 Å². The molecule has 0 saturated carbocycles. The average molecular weight is 344 g/mol. The van der Waals surface area contributed by atoms with Crippen molar-refractivity contribution in [3.8, 4) is 5.75 Å². The van der Waals surface area contributed by atoms with Crippen LogP contribution in [0.5, 0.6) is 5.75 Å². The van der Waals surface area contributed by atoms with E-state index in [4.69, 9.17) is 33.0 Å². The van der Waals surface area contributed by atoms with Crippen LogP contribution in [0.4, 0.5) is 0 Å². The molecule has 0 heterocycles. The second kappa shape index (κ2) is 11.4. The molecule has 4 nitrogen and oxygen atoms in total. The summed E-state index contributed by atoms with van der Waals surface area (Å²) in [6, 6.07) is 3.53. The number of aliphatic hydroxyl groups excluding tert-OH is 1. The fraction of sp³-hybridized carbons (Fsp3) is 0.538. The Labute approximate surface area is 136 Å². The lowest BCUT2D eigenvalue weighted by Gasteiger charge is -2.13. The summed E-state index contributed by atoms with van der Waals surface area (Å²) in [5.74, 6) is 0.685. The molecule has 3 N–H and O–H groups in total. The fourth-order valence-electron chi connectivity index (χ4n) is 1.65. The van der Waals surface area contributed by atoms with Crippen molar-refractivity contribution in [2.75, 3.05) is 32.8 Å². The number of halogens is 3. The largest absolute Gasteiger partial charge is 0.492 e. The minimum atomic E-state index is 0. The minimum absolute atomic E-state index is 0. The molecule has 20 heavy (non-hydrogen) atoms. The fourth-order valence-corrected chi connectivity index (χ4v) is 2.24. The summed E-state index contributed by atoms with van der Waals surface area (Å²) in [7, 11) is 0. The quantitative estimate of drug-likeness (QED) is 0.603. The predicted octanol–water partition coefficient (Wildman–Crippen LogP) is 2.49. The molecular formula is C13H21Cl3N2O2. The second-order valence-electron chi connectivity index (χ2n) is 3.96. The van der Waals surface area contributed by atoms with Crippen molar-refractivity contribution in [2.45, 2.75) is 13.5 Å². The third-order valence-electron chi connectivity index (χ3n) is 2.46. The van der Waals surface area contributed by atoms with E-state index < -0.39 is 0 Å². The molecule has 1 aromatic rings. The van der Waals surface area contributed by atoms with Crippen molar-refractivity contribution in [2.24, 2.45) is 0 Å². The molecule has 0 bridgehead atoms. The maximum atomic E-state index is 8.63.